The number of nitrogen functional groups attached to an aromatic ring is 1. The molecule has 1 aliphatic heterocycles. The predicted octanol–water partition coefficient (Wildman–Crippen LogP) is 1.50. The van der Waals surface area contributed by atoms with Gasteiger partial charge in [0.05, 0.1) is 10.9 Å². The number of hydrogen-bond donors (Lipinski definition) is 6. The summed E-state index contributed by atoms with van der Waals surface area (Å²) in [7, 11) is -4.32. The van der Waals surface area contributed by atoms with Crippen LogP contribution in [0.5, 0.6) is 0 Å². The molecular weight excluding hydrogens is 524 g/mol. The highest BCUT2D eigenvalue weighted by Gasteiger charge is 2.38. The van der Waals surface area contributed by atoms with Gasteiger partial charge in [0, 0.05) is 10.8 Å². The van der Waals surface area contributed by atoms with Gasteiger partial charge in [0.15, 0.2) is 5.78 Å². The lowest BCUT2D eigenvalue weighted by atomic mass is 9.85. The number of carbonyl (C=O) groups is 2. The molecule has 1 unspecified atom stereocenters. The lowest BCUT2D eigenvalue weighted by Crippen LogP contribution is -2.54. The summed E-state index contributed by atoms with van der Waals surface area (Å²) in [6.45, 7) is 0.680. The molecule has 3 aromatic rings. The van der Waals surface area contributed by atoms with Crippen molar-refractivity contribution in [2.45, 2.75) is 36.9 Å². The van der Waals surface area contributed by atoms with Crippen LogP contribution in [0.3, 0.4) is 0 Å². The monoisotopic (exact) mass is 554 g/mol. The molecule has 4 rings (SSSR count). The molecule has 10 nitrogen and oxygen atoms in total. The fourth-order valence-electron chi connectivity index (χ4n) is 4.64. The van der Waals surface area contributed by atoms with E-state index in [1.807, 2.05) is 12.1 Å². The zero-order valence-corrected chi connectivity index (χ0v) is 22.1. The number of amides is 1. The van der Waals surface area contributed by atoms with E-state index in [9.17, 15) is 18.0 Å². The van der Waals surface area contributed by atoms with Crippen molar-refractivity contribution in [3.05, 3.63) is 93.7 Å². The third-order valence-corrected chi connectivity index (χ3v) is 8.14. The van der Waals surface area contributed by atoms with Crippen LogP contribution in [0.15, 0.2) is 72.8 Å². The molecule has 2 heterocycles. The molecule has 0 aliphatic carbocycles. The minimum Gasteiger partial charge on any atom is -0.383 e. The average Bonchev–Trinajstić information content (AvgIpc) is 3.60. The average molecular weight is 555 g/mol. The number of amidine groups is 1. The highest BCUT2D eigenvalue weighted by Crippen LogP contribution is 2.31. The molecular formula is C26H30N6O4S2. The third kappa shape index (κ3) is 6.71. The first-order valence-corrected chi connectivity index (χ1v) is 14.4. The van der Waals surface area contributed by atoms with Crippen LogP contribution in [0, 0.1) is 5.41 Å². The van der Waals surface area contributed by atoms with E-state index >= 15 is 0 Å². The molecule has 1 amide bonds. The number of rotatable bonds is 11. The molecule has 200 valence electrons. The SMILES string of the molecule is N=C(N)c1ccc(C(NC(=O)[C@H](NS(N)(=O)=O)C(c2ccccc2)c2ccccc2)C(=O)[C@@H]2CCCN2)s1. The minimum absolute atomic E-state index is 0.153. The molecule has 1 fully saturated rings. The van der Waals surface area contributed by atoms with Gasteiger partial charge in [-0.2, -0.15) is 13.1 Å². The van der Waals surface area contributed by atoms with E-state index in [0.29, 0.717) is 33.8 Å². The Morgan fingerprint density at radius 3 is 2.08 bits per heavy atom. The Bertz CT molecular complexity index is 1350. The van der Waals surface area contributed by atoms with E-state index in [-0.39, 0.29) is 11.6 Å². The van der Waals surface area contributed by atoms with Crippen molar-refractivity contribution < 1.29 is 18.0 Å². The number of nitrogens with one attached hydrogen (secondary N) is 4. The van der Waals surface area contributed by atoms with Gasteiger partial charge in [-0.3, -0.25) is 15.0 Å². The van der Waals surface area contributed by atoms with Gasteiger partial charge in [-0.15, -0.1) is 11.3 Å². The minimum atomic E-state index is -4.32. The maximum atomic E-state index is 13.9. The molecule has 1 saturated heterocycles. The maximum absolute atomic E-state index is 13.9. The molecule has 3 atom stereocenters. The number of carbonyl (C=O) groups excluding carboxylic acids is 2. The topological polar surface area (TPSA) is 180 Å². The van der Waals surface area contributed by atoms with Gasteiger partial charge in [-0.25, -0.2) is 5.14 Å². The molecule has 0 spiro atoms. The van der Waals surface area contributed by atoms with Crippen LogP contribution in [0.4, 0.5) is 0 Å². The van der Waals surface area contributed by atoms with E-state index in [1.165, 1.54) is 0 Å². The zero-order chi connectivity index (χ0) is 27.3. The van der Waals surface area contributed by atoms with E-state index in [4.69, 9.17) is 16.3 Å². The molecule has 1 aliphatic rings. The third-order valence-electron chi connectivity index (χ3n) is 6.38. The van der Waals surface area contributed by atoms with Crippen LogP contribution in [0.2, 0.25) is 0 Å². The molecule has 38 heavy (non-hydrogen) atoms. The Morgan fingerprint density at radius 1 is 1.00 bits per heavy atom. The number of hydrogen-bond acceptors (Lipinski definition) is 7. The van der Waals surface area contributed by atoms with Crippen molar-refractivity contribution in [3.63, 3.8) is 0 Å². The van der Waals surface area contributed by atoms with E-state index in [1.54, 1.807) is 60.7 Å². The van der Waals surface area contributed by atoms with Gasteiger partial charge in [0.25, 0.3) is 10.2 Å². The van der Waals surface area contributed by atoms with Crippen molar-refractivity contribution in [1.29, 1.82) is 5.41 Å². The van der Waals surface area contributed by atoms with Crippen molar-refractivity contribution in [2.24, 2.45) is 10.9 Å². The number of thiophene rings is 1. The first-order chi connectivity index (χ1) is 18.1. The second-order valence-electron chi connectivity index (χ2n) is 9.05. The summed E-state index contributed by atoms with van der Waals surface area (Å²) in [5.41, 5.74) is 7.00. The smallest absolute Gasteiger partial charge is 0.275 e. The van der Waals surface area contributed by atoms with E-state index < -0.39 is 40.2 Å². The Labute approximate surface area is 225 Å². The van der Waals surface area contributed by atoms with Gasteiger partial charge in [0.2, 0.25) is 5.91 Å². The summed E-state index contributed by atoms with van der Waals surface area (Å²) in [6, 6.07) is 18.4. The number of benzene rings is 2. The van der Waals surface area contributed by atoms with Crippen molar-refractivity contribution >= 4 is 39.1 Å². The predicted molar refractivity (Wildman–Crippen MR) is 147 cm³/mol. The Hall–Kier alpha value is -3.42. The van der Waals surface area contributed by atoms with Gasteiger partial charge < -0.3 is 16.4 Å². The van der Waals surface area contributed by atoms with Gasteiger partial charge >= 0.3 is 0 Å². The maximum Gasteiger partial charge on any atom is 0.275 e. The molecule has 8 N–H and O–H groups in total. The fraction of sp³-hybridized carbons (Fsp3) is 0.269. The molecule has 12 heteroatoms. The van der Waals surface area contributed by atoms with Crippen LogP contribution in [0.25, 0.3) is 0 Å². The molecule has 1 aromatic heterocycles. The first kappa shape index (κ1) is 27.6. The summed E-state index contributed by atoms with van der Waals surface area (Å²) in [5, 5.41) is 19.1. The Balaban J connectivity index is 1.75. The molecule has 0 bridgehead atoms. The van der Waals surface area contributed by atoms with Crippen LogP contribution in [-0.2, 0) is 19.8 Å². The highest BCUT2D eigenvalue weighted by atomic mass is 32.2. The van der Waals surface area contributed by atoms with Crippen LogP contribution in [0.1, 0.15) is 45.7 Å². The molecule has 2 aromatic carbocycles. The van der Waals surface area contributed by atoms with Crippen molar-refractivity contribution in [1.82, 2.24) is 15.4 Å². The highest BCUT2D eigenvalue weighted by molar-refractivity contribution is 7.87. The largest absolute Gasteiger partial charge is 0.383 e. The first-order valence-electron chi connectivity index (χ1n) is 12.1. The van der Waals surface area contributed by atoms with Gasteiger partial charge in [-0.05, 0) is 42.6 Å². The normalized spacial score (nSPS) is 17.2. The lowest BCUT2D eigenvalue weighted by molar-refractivity contribution is -0.129. The number of nitrogens with two attached hydrogens (primary N) is 2. The number of ketones is 1. The standard InChI is InChI=1S/C26H30N6O4S2/c27-25(28)20-14-13-19(37-20)22(24(33)18-12-7-15-30-18)31-26(34)23(32-38(29,35)36)21(16-8-3-1-4-9-16)17-10-5-2-6-11-17/h1-6,8-11,13-14,18,21-23,30,32H,7,12,15H2,(H3,27,28)(H,31,34)(H2,29,35,36)/t18-,22?,23+/m0/s1. The van der Waals surface area contributed by atoms with Crippen LogP contribution < -0.4 is 26.2 Å². The second-order valence-corrected chi connectivity index (χ2v) is 11.5. The zero-order valence-electron chi connectivity index (χ0n) is 20.5. The number of Topliss-reactive ketones (excluding diaryl/α,β-unsaturated/α-hetero) is 1. The summed E-state index contributed by atoms with van der Waals surface area (Å²) >= 11 is 1.13. The van der Waals surface area contributed by atoms with E-state index in [0.717, 1.165) is 17.8 Å². The molecule has 0 saturated carbocycles. The second kappa shape index (κ2) is 12.0. The van der Waals surface area contributed by atoms with Crippen LogP contribution in [-0.4, -0.2) is 44.6 Å². The summed E-state index contributed by atoms with van der Waals surface area (Å²) in [4.78, 5) is 28.4. The van der Waals surface area contributed by atoms with Gasteiger partial charge in [0.1, 0.15) is 17.9 Å². The van der Waals surface area contributed by atoms with Crippen LogP contribution >= 0.6 is 11.3 Å². The lowest BCUT2D eigenvalue weighted by Gasteiger charge is -2.29. The van der Waals surface area contributed by atoms with Gasteiger partial charge in [-0.1, -0.05) is 60.7 Å². The summed E-state index contributed by atoms with van der Waals surface area (Å²) in [5.74, 6) is -1.86. The summed E-state index contributed by atoms with van der Waals surface area (Å²) in [6.07, 6.45) is 1.44. The van der Waals surface area contributed by atoms with E-state index in [2.05, 4.69) is 15.4 Å². The Morgan fingerprint density at radius 2 is 1.61 bits per heavy atom. The Kier molecular flexibility index (Phi) is 8.69. The van der Waals surface area contributed by atoms with Crippen molar-refractivity contribution in [3.8, 4) is 0 Å². The molecule has 0 radical (unpaired) electrons. The quantitative estimate of drug-likeness (QED) is 0.154. The summed E-state index contributed by atoms with van der Waals surface area (Å²) < 4.78 is 26.8. The fourth-order valence-corrected chi connectivity index (χ4v) is 6.17. The van der Waals surface area contributed by atoms with Crippen molar-refractivity contribution in [2.75, 3.05) is 6.54 Å².